The molecule has 5 rings (SSSR count). The first-order chi connectivity index (χ1) is 16.0. The lowest BCUT2D eigenvalue weighted by Gasteiger charge is -2.29. The van der Waals surface area contributed by atoms with Gasteiger partial charge in [0.1, 0.15) is 0 Å². The SMILES string of the molecule is O=C(CCC(O)CCC1Cc2ccccc2C1)c1ccc2c(c1)CN(C(=O)CC1CC1)CC2. The fourth-order valence-electron chi connectivity index (χ4n) is 5.51. The van der Waals surface area contributed by atoms with Crippen LogP contribution in [0.5, 0.6) is 0 Å². The summed E-state index contributed by atoms with van der Waals surface area (Å²) >= 11 is 0. The Morgan fingerprint density at radius 2 is 1.70 bits per heavy atom. The smallest absolute Gasteiger partial charge is 0.223 e. The van der Waals surface area contributed by atoms with Gasteiger partial charge in [-0.15, -0.1) is 0 Å². The molecule has 1 aliphatic heterocycles. The molecule has 0 aromatic heterocycles. The van der Waals surface area contributed by atoms with Crippen molar-refractivity contribution in [2.45, 2.75) is 76.9 Å². The number of hydrogen-bond donors (Lipinski definition) is 1. The van der Waals surface area contributed by atoms with Crippen LogP contribution in [0.2, 0.25) is 0 Å². The number of Topliss-reactive ketones (excluding diaryl/α,β-unsaturated/α-hetero) is 1. The van der Waals surface area contributed by atoms with Crippen LogP contribution in [0.1, 0.15) is 77.6 Å². The molecule has 1 N–H and O–H groups in total. The molecule has 1 atom stereocenters. The molecule has 4 nitrogen and oxygen atoms in total. The van der Waals surface area contributed by atoms with Crippen LogP contribution in [0, 0.1) is 11.8 Å². The summed E-state index contributed by atoms with van der Waals surface area (Å²) < 4.78 is 0. The predicted octanol–water partition coefficient (Wildman–Crippen LogP) is 4.89. The van der Waals surface area contributed by atoms with Crippen molar-refractivity contribution in [1.82, 2.24) is 4.90 Å². The Labute approximate surface area is 197 Å². The van der Waals surface area contributed by atoms with Gasteiger partial charge in [0.05, 0.1) is 6.10 Å². The molecule has 1 saturated carbocycles. The van der Waals surface area contributed by atoms with Gasteiger partial charge in [-0.3, -0.25) is 9.59 Å². The highest BCUT2D eigenvalue weighted by Gasteiger charge is 2.29. The zero-order chi connectivity index (χ0) is 22.8. The second-order valence-electron chi connectivity index (χ2n) is 10.4. The summed E-state index contributed by atoms with van der Waals surface area (Å²) in [5.41, 5.74) is 5.97. The van der Waals surface area contributed by atoms with Crippen molar-refractivity contribution in [3.05, 3.63) is 70.3 Å². The van der Waals surface area contributed by atoms with Crippen molar-refractivity contribution in [3.8, 4) is 0 Å². The Morgan fingerprint density at radius 3 is 2.42 bits per heavy atom. The largest absolute Gasteiger partial charge is 0.393 e. The first kappa shape index (κ1) is 22.3. The Bertz CT molecular complexity index is 1000. The molecule has 1 heterocycles. The third kappa shape index (κ3) is 5.55. The Balaban J connectivity index is 1.09. The van der Waals surface area contributed by atoms with Crippen molar-refractivity contribution < 1.29 is 14.7 Å². The van der Waals surface area contributed by atoms with Crippen molar-refractivity contribution in [3.63, 3.8) is 0 Å². The molecule has 4 heteroatoms. The summed E-state index contributed by atoms with van der Waals surface area (Å²) in [5, 5.41) is 10.5. The van der Waals surface area contributed by atoms with Crippen molar-refractivity contribution >= 4 is 11.7 Å². The van der Waals surface area contributed by atoms with Gasteiger partial charge in [0, 0.05) is 31.5 Å². The monoisotopic (exact) mass is 445 g/mol. The number of rotatable bonds is 9. The van der Waals surface area contributed by atoms with Crippen LogP contribution < -0.4 is 0 Å². The van der Waals surface area contributed by atoms with Crippen LogP contribution in [0.15, 0.2) is 42.5 Å². The molecule has 2 aromatic rings. The summed E-state index contributed by atoms with van der Waals surface area (Å²) in [7, 11) is 0. The summed E-state index contributed by atoms with van der Waals surface area (Å²) in [4.78, 5) is 27.3. The van der Waals surface area contributed by atoms with E-state index in [1.165, 1.54) is 29.5 Å². The van der Waals surface area contributed by atoms with E-state index in [1.807, 2.05) is 17.0 Å². The molecular weight excluding hydrogens is 410 g/mol. The molecular formula is C29H35NO3. The summed E-state index contributed by atoms with van der Waals surface area (Å²) in [5.74, 6) is 1.56. The quantitative estimate of drug-likeness (QED) is 0.559. The van der Waals surface area contributed by atoms with E-state index in [4.69, 9.17) is 0 Å². The summed E-state index contributed by atoms with van der Waals surface area (Å²) in [6.45, 7) is 1.40. The molecule has 3 aliphatic rings. The van der Waals surface area contributed by atoms with Gasteiger partial charge < -0.3 is 10.0 Å². The van der Waals surface area contributed by atoms with E-state index in [9.17, 15) is 14.7 Å². The molecule has 33 heavy (non-hydrogen) atoms. The van der Waals surface area contributed by atoms with Crippen molar-refractivity contribution in [2.75, 3.05) is 6.54 Å². The van der Waals surface area contributed by atoms with Gasteiger partial charge in [-0.2, -0.15) is 0 Å². The van der Waals surface area contributed by atoms with E-state index in [-0.39, 0.29) is 11.7 Å². The van der Waals surface area contributed by atoms with E-state index in [1.54, 1.807) is 0 Å². The van der Waals surface area contributed by atoms with E-state index in [2.05, 4.69) is 30.3 Å². The van der Waals surface area contributed by atoms with Gasteiger partial charge in [0.15, 0.2) is 5.78 Å². The topological polar surface area (TPSA) is 57.6 Å². The van der Waals surface area contributed by atoms with Gasteiger partial charge in [0.25, 0.3) is 0 Å². The lowest BCUT2D eigenvalue weighted by molar-refractivity contribution is -0.132. The molecule has 0 saturated heterocycles. The molecule has 1 amide bonds. The number of fused-ring (bicyclic) bond motifs is 2. The summed E-state index contributed by atoms with van der Waals surface area (Å²) in [6.07, 6.45) is 8.37. The zero-order valence-corrected chi connectivity index (χ0v) is 19.5. The maximum absolute atomic E-state index is 12.8. The van der Waals surface area contributed by atoms with Gasteiger partial charge in [0.2, 0.25) is 5.91 Å². The second kappa shape index (κ2) is 9.80. The maximum Gasteiger partial charge on any atom is 0.223 e. The average Bonchev–Trinajstić information content (AvgIpc) is 3.55. The van der Waals surface area contributed by atoms with Gasteiger partial charge >= 0.3 is 0 Å². The highest BCUT2D eigenvalue weighted by molar-refractivity contribution is 5.96. The Hall–Kier alpha value is -2.46. The number of hydrogen-bond acceptors (Lipinski definition) is 3. The van der Waals surface area contributed by atoms with Crippen LogP contribution in [0.25, 0.3) is 0 Å². The molecule has 174 valence electrons. The van der Waals surface area contributed by atoms with Crippen molar-refractivity contribution in [2.24, 2.45) is 11.8 Å². The first-order valence-corrected chi connectivity index (χ1v) is 12.7. The van der Waals surface area contributed by atoms with Crippen LogP contribution in [0.3, 0.4) is 0 Å². The zero-order valence-electron chi connectivity index (χ0n) is 19.5. The lowest BCUT2D eigenvalue weighted by Crippen LogP contribution is -2.36. The molecule has 1 fully saturated rings. The van der Waals surface area contributed by atoms with Crippen LogP contribution in [-0.2, 0) is 30.6 Å². The molecule has 0 bridgehead atoms. The molecule has 0 spiro atoms. The number of aliphatic hydroxyl groups is 1. The lowest BCUT2D eigenvalue weighted by atomic mass is 9.93. The minimum atomic E-state index is -0.425. The standard InChI is InChI=1S/C29H35NO3/c31-27(10-7-21-15-23-3-1-2-4-24(23)16-21)11-12-28(32)25-9-8-22-13-14-30(19-26(22)18-25)29(33)17-20-5-6-20/h1-4,8-9,18,20-21,27,31H,5-7,10-17,19H2. The normalized spacial score (nSPS) is 18.6. The summed E-state index contributed by atoms with van der Waals surface area (Å²) in [6, 6.07) is 14.6. The van der Waals surface area contributed by atoms with Crippen molar-refractivity contribution in [1.29, 1.82) is 0 Å². The van der Waals surface area contributed by atoms with E-state index >= 15 is 0 Å². The molecule has 1 unspecified atom stereocenters. The Kier molecular flexibility index (Phi) is 6.64. The highest BCUT2D eigenvalue weighted by Crippen LogP contribution is 2.34. The van der Waals surface area contributed by atoms with Crippen LogP contribution in [-0.4, -0.2) is 34.3 Å². The number of ketones is 1. The maximum atomic E-state index is 12.8. The number of aliphatic hydroxyl groups excluding tert-OH is 1. The van der Waals surface area contributed by atoms with E-state index in [0.29, 0.717) is 43.2 Å². The van der Waals surface area contributed by atoms with Gasteiger partial charge in [-0.05, 0) is 91.5 Å². The highest BCUT2D eigenvalue weighted by atomic mass is 16.3. The van der Waals surface area contributed by atoms with Crippen LogP contribution >= 0.6 is 0 Å². The number of amides is 1. The van der Waals surface area contributed by atoms with E-state index in [0.717, 1.165) is 44.2 Å². The molecule has 0 radical (unpaired) electrons. The second-order valence-corrected chi connectivity index (χ2v) is 10.4. The average molecular weight is 446 g/mol. The minimum absolute atomic E-state index is 0.0894. The predicted molar refractivity (Wildman–Crippen MR) is 129 cm³/mol. The Morgan fingerprint density at radius 1 is 0.939 bits per heavy atom. The van der Waals surface area contributed by atoms with Crippen LogP contribution in [0.4, 0.5) is 0 Å². The van der Waals surface area contributed by atoms with Gasteiger partial charge in [-0.25, -0.2) is 0 Å². The third-order valence-electron chi connectivity index (χ3n) is 7.80. The number of benzene rings is 2. The van der Waals surface area contributed by atoms with Gasteiger partial charge in [-0.1, -0.05) is 36.4 Å². The van der Waals surface area contributed by atoms with E-state index < -0.39 is 6.10 Å². The number of carbonyl (C=O) groups excluding carboxylic acids is 2. The molecule has 2 aromatic carbocycles. The third-order valence-corrected chi connectivity index (χ3v) is 7.80. The first-order valence-electron chi connectivity index (χ1n) is 12.7. The fourth-order valence-corrected chi connectivity index (χ4v) is 5.51. The number of nitrogens with zero attached hydrogens (tertiary/aromatic N) is 1. The minimum Gasteiger partial charge on any atom is -0.393 e. The molecule has 2 aliphatic carbocycles. The fraction of sp³-hybridized carbons (Fsp3) is 0.517. The number of carbonyl (C=O) groups is 2.